The van der Waals surface area contributed by atoms with Gasteiger partial charge in [0.2, 0.25) is 5.13 Å². The number of pyridine rings is 1. The van der Waals surface area contributed by atoms with E-state index in [-0.39, 0.29) is 0 Å². The van der Waals surface area contributed by atoms with Gasteiger partial charge < -0.3 is 4.90 Å². The van der Waals surface area contributed by atoms with Crippen molar-refractivity contribution in [1.29, 1.82) is 0 Å². The third kappa shape index (κ3) is 3.15. The summed E-state index contributed by atoms with van der Waals surface area (Å²) in [4.78, 5) is 11.2. The zero-order valence-electron chi connectivity index (χ0n) is 11.8. The average molecular weight is 288 g/mol. The maximum Gasteiger partial charge on any atom is 0.205 e. The van der Waals surface area contributed by atoms with E-state index in [2.05, 4.69) is 32.2 Å². The van der Waals surface area contributed by atoms with Crippen LogP contribution >= 0.6 is 11.5 Å². The van der Waals surface area contributed by atoms with Crippen LogP contribution in [0.3, 0.4) is 0 Å². The van der Waals surface area contributed by atoms with Crippen LogP contribution in [-0.4, -0.2) is 27.4 Å². The third-order valence-corrected chi connectivity index (χ3v) is 4.72. The van der Waals surface area contributed by atoms with Crippen LogP contribution in [0.15, 0.2) is 24.5 Å². The second-order valence-electron chi connectivity index (χ2n) is 5.34. The molecule has 0 bridgehead atoms. The molecule has 2 aromatic heterocycles. The van der Waals surface area contributed by atoms with E-state index in [9.17, 15) is 0 Å². The first-order chi connectivity index (χ1) is 9.85. The van der Waals surface area contributed by atoms with Crippen molar-refractivity contribution in [2.75, 3.05) is 18.0 Å². The zero-order chi connectivity index (χ0) is 13.8. The molecule has 3 rings (SSSR count). The molecule has 5 heteroatoms. The summed E-state index contributed by atoms with van der Waals surface area (Å²) in [6.45, 7) is 4.30. The molecular weight excluding hydrogens is 268 g/mol. The molecule has 0 aliphatic carbocycles. The highest BCUT2D eigenvalue weighted by Gasteiger charge is 2.21. The first-order valence-corrected chi connectivity index (χ1v) is 8.09. The Morgan fingerprint density at radius 1 is 1.35 bits per heavy atom. The highest BCUT2D eigenvalue weighted by molar-refractivity contribution is 7.09. The Morgan fingerprint density at radius 3 is 2.85 bits per heavy atom. The number of hydrogen-bond acceptors (Lipinski definition) is 5. The van der Waals surface area contributed by atoms with Gasteiger partial charge in [-0.2, -0.15) is 4.37 Å². The summed E-state index contributed by atoms with van der Waals surface area (Å²) >= 11 is 1.54. The minimum absolute atomic E-state index is 0.772. The molecule has 0 saturated carbocycles. The van der Waals surface area contributed by atoms with Crippen LogP contribution in [0.2, 0.25) is 0 Å². The minimum Gasteiger partial charge on any atom is -0.347 e. The Hall–Kier alpha value is -1.49. The van der Waals surface area contributed by atoms with Crippen molar-refractivity contribution in [3.8, 4) is 0 Å². The molecule has 20 heavy (non-hydrogen) atoms. The highest BCUT2D eigenvalue weighted by Crippen LogP contribution is 2.26. The van der Waals surface area contributed by atoms with Crippen molar-refractivity contribution in [2.24, 2.45) is 5.92 Å². The van der Waals surface area contributed by atoms with E-state index < -0.39 is 0 Å². The van der Waals surface area contributed by atoms with Crippen LogP contribution in [0.4, 0.5) is 5.13 Å². The summed E-state index contributed by atoms with van der Waals surface area (Å²) < 4.78 is 4.38. The van der Waals surface area contributed by atoms with E-state index in [1.165, 1.54) is 18.4 Å². The quantitative estimate of drug-likeness (QED) is 0.867. The van der Waals surface area contributed by atoms with E-state index in [0.717, 1.165) is 42.8 Å². The average Bonchev–Trinajstić information content (AvgIpc) is 2.98. The van der Waals surface area contributed by atoms with Crippen molar-refractivity contribution in [2.45, 2.75) is 32.6 Å². The fourth-order valence-electron chi connectivity index (χ4n) is 2.70. The molecular formula is C15H20N4S. The lowest BCUT2D eigenvalue weighted by atomic mass is 9.91. The number of nitrogens with zero attached hydrogens (tertiary/aromatic N) is 4. The van der Waals surface area contributed by atoms with E-state index in [1.54, 1.807) is 11.5 Å². The molecule has 0 spiro atoms. The molecule has 0 aromatic carbocycles. The molecule has 106 valence electrons. The summed E-state index contributed by atoms with van der Waals surface area (Å²) in [5.41, 5.74) is 1.36. The number of anilines is 1. The van der Waals surface area contributed by atoms with Crippen LogP contribution in [0.25, 0.3) is 0 Å². The van der Waals surface area contributed by atoms with Crippen molar-refractivity contribution < 1.29 is 0 Å². The van der Waals surface area contributed by atoms with Crippen molar-refractivity contribution in [3.63, 3.8) is 0 Å². The van der Waals surface area contributed by atoms with Crippen molar-refractivity contribution in [1.82, 2.24) is 14.3 Å². The van der Waals surface area contributed by atoms with Gasteiger partial charge in [0.1, 0.15) is 5.82 Å². The molecule has 4 nitrogen and oxygen atoms in total. The second kappa shape index (κ2) is 6.31. The summed E-state index contributed by atoms with van der Waals surface area (Å²) in [6.07, 6.45) is 8.37. The number of rotatable bonds is 4. The zero-order valence-corrected chi connectivity index (χ0v) is 12.6. The lowest BCUT2D eigenvalue weighted by molar-refractivity contribution is 0.403. The fourth-order valence-corrected chi connectivity index (χ4v) is 3.50. The minimum atomic E-state index is 0.772. The largest absolute Gasteiger partial charge is 0.347 e. The van der Waals surface area contributed by atoms with Crippen molar-refractivity contribution >= 4 is 16.7 Å². The molecule has 0 unspecified atom stereocenters. The molecule has 1 saturated heterocycles. The molecule has 1 aliphatic rings. The monoisotopic (exact) mass is 288 g/mol. The van der Waals surface area contributed by atoms with Gasteiger partial charge in [-0.05, 0) is 36.8 Å². The van der Waals surface area contributed by atoms with Gasteiger partial charge in [0.05, 0.1) is 0 Å². The van der Waals surface area contributed by atoms with Crippen LogP contribution in [-0.2, 0) is 12.8 Å². The van der Waals surface area contributed by atoms with Crippen LogP contribution in [0.5, 0.6) is 0 Å². The Labute approximate surface area is 124 Å². The summed E-state index contributed by atoms with van der Waals surface area (Å²) in [5, 5.41) is 1.10. The smallest absolute Gasteiger partial charge is 0.205 e. The topological polar surface area (TPSA) is 41.9 Å². The Balaban J connectivity index is 1.54. The summed E-state index contributed by atoms with van der Waals surface area (Å²) in [5.74, 6) is 1.75. The first kappa shape index (κ1) is 13.5. The predicted octanol–water partition coefficient (Wildman–Crippen LogP) is 2.95. The lowest BCUT2D eigenvalue weighted by Crippen LogP contribution is -2.34. The van der Waals surface area contributed by atoms with Crippen LogP contribution in [0, 0.1) is 5.92 Å². The van der Waals surface area contributed by atoms with Crippen molar-refractivity contribution in [3.05, 3.63) is 35.9 Å². The Kier molecular flexibility index (Phi) is 4.25. The Morgan fingerprint density at radius 2 is 2.20 bits per heavy atom. The van der Waals surface area contributed by atoms with Gasteiger partial charge in [0.15, 0.2) is 0 Å². The number of piperidine rings is 1. The molecule has 1 fully saturated rings. The Bertz CT molecular complexity index is 532. The molecule has 0 atom stereocenters. The normalized spacial score (nSPS) is 16.6. The molecule has 2 aromatic rings. The van der Waals surface area contributed by atoms with Gasteiger partial charge in [0.25, 0.3) is 0 Å². The summed E-state index contributed by atoms with van der Waals surface area (Å²) in [7, 11) is 0. The maximum absolute atomic E-state index is 4.58. The third-order valence-electron chi connectivity index (χ3n) is 3.91. The fraction of sp³-hybridized carbons (Fsp3) is 0.533. The maximum atomic E-state index is 4.58. The number of aromatic nitrogens is 3. The number of hydrogen-bond donors (Lipinski definition) is 0. The van der Waals surface area contributed by atoms with Gasteiger partial charge in [-0.25, -0.2) is 4.98 Å². The second-order valence-corrected chi connectivity index (χ2v) is 6.07. The van der Waals surface area contributed by atoms with Crippen LogP contribution < -0.4 is 4.90 Å². The lowest BCUT2D eigenvalue weighted by Gasteiger charge is -2.31. The van der Waals surface area contributed by atoms with E-state index >= 15 is 0 Å². The van der Waals surface area contributed by atoms with Crippen LogP contribution in [0.1, 0.15) is 31.2 Å². The van der Waals surface area contributed by atoms with Gasteiger partial charge in [-0.1, -0.05) is 13.0 Å². The SMILES string of the molecule is CCc1nsc(N2CCC(Cc3cccnc3)CC2)n1. The first-order valence-electron chi connectivity index (χ1n) is 7.31. The highest BCUT2D eigenvalue weighted by atomic mass is 32.1. The van der Waals surface area contributed by atoms with Gasteiger partial charge in [-0.15, -0.1) is 0 Å². The standard InChI is InChI=1S/C15H20N4S/c1-2-14-17-15(20-18-14)19-8-5-12(6-9-19)10-13-4-3-7-16-11-13/h3-4,7,11-12H,2,5-6,8-10H2,1H3. The van der Waals surface area contributed by atoms with E-state index in [1.807, 2.05) is 18.5 Å². The van der Waals surface area contributed by atoms with E-state index in [0.29, 0.717) is 0 Å². The van der Waals surface area contributed by atoms with E-state index in [4.69, 9.17) is 0 Å². The molecule has 3 heterocycles. The molecule has 0 N–H and O–H groups in total. The van der Waals surface area contributed by atoms with Gasteiger partial charge in [-0.3, -0.25) is 4.98 Å². The van der Waals surface area contributed by atoms with Gasteiger partial charge >= 0.3 is 0 Å². The molecule has 0 amide bonds. The number of aryl methyl sites for hydroxylation is 1. The predicted molar refractivity (Wildman–Crippen MR) is 82.2 cm³/mol. The molecule has 1 aliphatic heterocycles. The van der Waals surface area contributed by atoms with Gasteiger partial charge in [0, 0.05) is 43.4 Å². The summed E-state index contributed by atoms with van der Waals surface area (Å²) in [6, 6.07) is 4.20. The molecule has 0 radical (unpaired) electrons.